The summed E-state index contributed by atoms with van der Waals surface area (Å²) in [5.41, 5.74) is 8.73. The molecular weight excluding hydrogens is 461 g/mol. The first-order chi connectivity index (χ1) is 17.2. The maximum atomic E-state index is 15.3. The molecule has 2 heterocycles. The Hall–Kier alpha value is -3.10. The average molecular weight is 496 g/mol. The Morgan fingerprint density at radius 1 is 1.08 bits per heavy atom. The molecule has 4 atom stereocenters. The molecule has 2 aromatic rings. The lowest BCUT2D eigenvalue weighted by molar-refractivity contribution is -0.136. The fourth-order valence-electron chi connectivity index (χ4n) is 5.00. The molecule has 36 heavy (non-hydrogen) atoms. The van der Waals surface area contributed by atoms with Crippen LogP contribution in [0.4, 0.5) is 4.39 Å². The fourth-order valence-corrected chi connectivity index (χ4v) is 5.00. The lowest BCUT2D eigenvalue weighted by Crippen LogP contribution is -2.49. The number of esters is 1. The van der Waals surface area contributed by atoms with Gasteiger partial charge in [-0.2, -0.15) is 0 Å². The lowest BCUT2D eigenvalue weighted by Gasteiger charge is -2.37. The quantitative estimate of drug-likeness (QED) is 0.447. The highest BCUT2D eigenvalue weighted by Crippen LogP contribution is 2.34. The number of carbonyl (C=O) groups excluding carboxylic acids is 3. The van der Waals surface area contributed by atoms with E-state index in [4.69, 9.17) is 10.5 Å². The summed E-state index contributed by atoms with van der Waals surface area (Å²) in [6.45, 7) is 5.51. The van der Waals surface area contributed by atoms with Crippen LogP contribution in [0.15, 0.2) is 48.5 Å². The van der Waals surface area contributed by atoms with Crippen LogP contribution in [0, 0.1) is 6.92 Å². The van der Waals surface area contributed by atoms with E-state index in [1.165, 1.54) is 12.5 Å². The third-order valence-corrected chi connectivity index (χ3v) is 7.23. The van der Waals surface area contributed by atoms with Crippen LogP contribution >= 0.6 is 0 Å². The number of rotatable bonds is 8. The van der Waals surface area contributed by atoms with Crippen LogP contribution in [-0.2, 0) is 20.9 Å². The van der Waals surface area contributed by atoms with E-state index in [1.807, 2.05) is 41.0 Å². The molecule has 0 aliphatic carbocycles. The second-order valence-corrected chi connectivity index (χ2v) is 9.92. The molecule has 0 radical (unpaired) electrons. The first kappa shape index (κ1) is 26.0. The predicted octanol–water partition coefficient (Wildman–Crippen LogP) is 3.14. The van der Waals surface area contributed by atoms with Gasteiger partial charge in [-0.25, -0.2) is 4.39 Å². The molecule has 2 aliphatic heterocycles. The topological polar surface area (TPSA) is 92.9 Å². The van der Waals surface area contributed by atoms with E-state index in [0.717, 1.165) is 17.5 Å². The van der Waals surface area contributed by atoms with E-state index in [2.05, 4.69) is 0 Å². The van der Waals surface area contributed by atoms with Gasteiger partial charge in [-0.05, 0) is 56.5 Å². The Morgan fingerprint density at radius 3 is 2.42 bits per heavy atom. The first-order valence-corrected chi connectivity index (χ1v) is 12.5. The van der Waals surface area contributed by atoms with Crippen LogP contribution in [0.3, 0.4) is 0 Å². The van der Waals surface area contributed by atoms with Crippen molar-refractivity contribution in [3.05, 3.63) is 65.2 Å². The number of Topliss-reactive ketones (excluding diaryl/α,β-unsaturated/α-hetero) is 1. The van der Waals surface area contributed by atoms with E-state index < -0.39 is 18.2 Å². The second kappa shape index (κ2) is 11.3. The Labute approximate surface area is 211 Å². The highest BCUT2D eigenvalue weighted by Gasteiger charge is 2.40. The number of carbonyl (C=O) groups is 3. The predicted molar refractivity (Wildman–Crippen MR) is 134 cm³/mol. The third-order valence-electron chi connectivity index (χ3n) is 7.23. The smallest absolute Gasteiger partial charge is 0.313 e. The molecule has 0 unspecified atom stereocenters. The minimum atomic E-state index is -1.10. The van der Waals surface area contributed by atoms with Crippen molar-refractivity contribution in [3.8, 4) is 5.75 Å². The van der Waals surface area contributed by atoms with Crippen molar-refractivity contribution in [3.63, 3.8) is 0 Å². The molecule has 0 aromatic heterocycles. The number of alkyl halides is 1. The van der Waals surface area contributed by atoms with E-state index >= 15 is 4.39 Å². The van der Waals surface area contributed by atoms with Gasteiger partial charge in [0.2, 0.25) is 5.91 Å². The van der Waals surface area contributed by atoms with Crippen LogP contribution in [0.2, 0.25) is 0 Å². The summed E-state index contributed by atoms with van der Waals surface area (Å²) in [4.78, 5) is 40.1. The molecule has 2 aromatic carbocycles. The molecule has 2 fully saturated rings. The molecule has 2 aliphatic rings. The number of piperidine rings is 1. The van der Waals surface area contributed by atoms with E-state index in [9.17, 15) is 14.4 Å². The average Bonchev–Trinajstić information content (AvgIpc) is 3.20. The molecule has 1 amide bonds. The van der Waals surface area contributed by atoms with Gasteiger partial charge in [0.05, 0.1) is 18.5 Å². The van der Waals surface area contributed by atoms with Gasteiger partial charge in [0, 0.05) is 25.6 Å². The molecule has 0 spiro atoms. The molecule has 2 N–H and O–H groups in total. The molecule has 192 valence electrons. The van der Waals surface area contributed by atoms with Gasteiger partial charge in [-0.3, -0.25) is 19.3 Å². The van der Waals surface area contributed by atoms with Crippen molar-refractivity contribution >= 4 is 17.7 Å². The summed E-state index contributed by atoms with van der Waals surface area (Å²) < 4.78 is 20.5. The Balaban J connectivity index is 1.30. The molecule has 2 saturated heterocycles. The molecule has 0 bridgehead atoms. The molecule has 7 nitrogen and oxygen atoms in total. The first-order valence-electron chi connectivity index (χ1n) is 12.5. The molecule has 8 heteroatoms. The van der Waals surface area contributed by atoms with E-state index in [0.29, 0.717) is 31.8 Å². The summed E-state index contributed by atoms with van der Waals surface area (Å²) in [6.07, 6.45) is 0.0368. The van der Waals surface area contributed by atoms with Crippen LogP contribution in [0.25, 0.3) is 0 Å². The van der Waals surface area contributed by atoms with E-state index in [-0.39, 0.29) is 36.6 Å². The number of ether oxygens (including phenoxy) is 1. The zero-order valence-electron chi connectivity index (χ0n) is 20.9. The molecule has 0 saturated carbocycles. The number of amides is 1. The van der Waals surface area contributed by atoms with Crippen molar-refractivity contribution in [2.75, 3.05) is 19.6 Å². The number of likely N-dealkylation sites (tertiary alicyclic amines) is 2. The number of nitrogens with two attached hydrogens (primary N) is 1. The largest absolute Gasteiger partial charge is 0.426 e. The van der Waals surface area contributed by atoms with Gasteiger partial charge in [0.1, 0.15) is 17.7 Å². The van der Waals surface area contributed by atoms with Crippen LogP contribution in [0.1, 0.15) is 48.8 Å². The maximum Gasteiger partial charge on any atom is 0.313 e. The van der Waals surface area contributed by atoms with Gasteiger partial charge in [0.15, 0.2) is 0 Å². The summed E-state index contributed by atoms with van der Waals surface area (Å²) in [5, 5.41) is 0. The number of ketones is 1. The van der Waals surface area contributed by atoms with Gasteiger partial charge in [0.25, 0.3) is 0 Å². The van der Waals surface area contributed by atoms with Crippen molar-refractivity contribution in [1.29, 1.82) is 0 Å². The number of benzene rings is 2. The monoisotopic (exact) mass is 495 g/mol. The van der Waals surface area contributed by atoms with Crippen molar-refractivity contribution in [1.82, 2.24) is 9.80 Å². The van der Waals surface area contributed by atoms with Crippen LogP contribution < -0.4 is 10.5 Å². The SMILES string of the molecule is CC(=O)[C@@H](N)CC(=O)Oc1ccc([C@@H]2CCN([C@@H]3CCN(Cc4ccc(C)cc4)C3=O)C[C@H]2F)cc1. The summed E-state index contributed by atoms with van der Waals surface area (Å²) in [5.74, 6) is -0.729. The standard InChI is InChI=1S/C28H34FN3O4/c1-18-3-5-20(6-4-18)16-32-14-12-26(28(32)35)31-13-11-23(24(29)17-31)21-7-9-22(10-8-21)36-27(34)15-25(30)19(2)33/h3-10,23-26H,11-17,30H2,1-2H3/t23-,24+,25-,26+/m0/s1. The second-order valence-electron chi connectivity index (χ2n) is 9.92. The molecular formula is C28H34FN3O4. The van der Waals surface area contributed by atoms with Gasteiger partial charge in [-0.1, -0.05) is 42.0 Å². The van der Waals surface area contributed by atoms with Crippen molar-refractivity contribution in [2.45, 2.75) is 63.8 Å². The molecule has 4 rings (SSSR count). The Kier molecular flexibility index (Phi) is 8.16. The summed E-state index contributed by atoms with van der Waals surface area (Å²) in [6, 6.07) is 13.9. The summed E-state index contributed by atoms with van der Waals surface area (Å²) in [7, 11) is 0. The van der Waals surface area contributed by atoms with E-state index in [1.54, 1.807) is 24.3 Å². The highest BCUT2D eigenvalue weighted by atomic mass is 19.1. The van der Waals surface area contributed by atoms with Crippen molar-refractivity contribution < 1.29 is 23.5 Å². The number of nitrogens with zero attached hydrogens (tertiary/aromatic N) is 2. The zero-order chi connectivity index (χ0) is 25.8. The highest BCUT2D eigenvalue weighted by molar-refractivity contribution is 5.86. The zero-order valence-corrected chi connectivity index (χ0v) is 20.9. The minimum absolute atomic E-state index is 0.0804. The third kappa shape index (κ3) is 6.17. The maximum absolute atomic E-state index is 15.3. The van der Waals surface area contributed by atoms with Gasteiger partial charge < -0.3 is 15.4 Å². The number of hydrogen-bond acceptors (Lipinski definition) is 6. The van der Waals surface area contributed by atoms with Crippen LogP contribution in [-0.4, -0.2) is 65.3 Å². The number of hydrogen-bond donors (Lipinski definition) is 1. The normalized spacial score (nSPS) is 23.5. The van der Waals surface area contributed by atoms with Gasteiger partial charge in [-0.15, -0.1) is 0 Å². The lowest BCUT2D eigenvalue weighted by atomic mass is 9.87. The number of aryl methyl sites for hydroxylation is 1. The van der Waals surface area contributed by atoms with Crippen LogP contribution in [0.5, 0.6) is 5.75 Å². The Bertz CT molecular complexity index is 1090. The minimum Gasteiger partial charge on any atom is -0.426 e. The van der Waals surface area contributed by atoms with Crippen molar-refractivity contribution in [2.24, 2.45) is 5.73 Å². The summed E-state index contributed by atoms with van der Waals surface area (Å²) >= 11 is 0. The number of halogens is 1. The Morgan fingerprint density at radius 2 is 1.78 bits per heavy atom. The fraction of sp³-hybridized carbons (Fsp3) is 0.464. The van der Waals surface area contributed by atoms with Gasteiger partial charge >= 0.3 is 5.97 Å².